The van der Waals surface area contributed by atoms with Gasteiger partial charge in [-0.05, 0) is 23.3 Å². The summed E-state index contributed by atoms with van der Waals surface area (Å²) in [6.07, 6.45) is 0. The van der Waals surface area contributed by atoms with Gasteiger partial charge in [-0.3, -0.25) is 4.79 Å². The van der Waals surface area contributed by atoms with Crippen LogP contribution in [0.25, 0.3) is 0 Å². The Morgan fingerprint density at radius 3 is 2.00 bits per heavy atom. The van der Waals surface area contributed by atoms with E-state index in [1.165, 1.54) is 12.1 Å². The molecule has 0 saturated carbocycles. The second kappa shape index (κ2) is 5.20. The number of carbonyl (C=O) groups excluding carboxylic acids is 1. The van der Waals surface area contributed by atoms with Crippen molar-refractivity contribution in [2.24, 2.45) is 11.5 Å². The third-order valence-corrected chi connectivity index (χ3v) is 3.33. The lowest BCUT2D eigenvalue weighted by atomic mass is 9.74. The van der Waals surface area contributed by atoms with Crippen LogP contribution in [-0.4, -0.2) is 12.5 Å². The highest BCUT2D eigenvalue weighted by atomic mass is 19.1. The molecule has 0 aromatic heterocycles. The molecule has 2 rings (SSSR count). The van der Waals surface area contributed by atoms with Crippen LogP contribution in [0.3, 0.4) is 0 Å². The highest BCUT2D eigenvalue weighted by Crippen LogP contribution is 2.31. The highest BCUT2D eigenvalue weighted by Gasteiger charge is 2.39. The van der Waals surface area contributed by atoms with Crippen molar-refractivity contribution in [2.75, 3.05) is 6.54 Å². The van der Waals surface area contributed by atoms with Gasteiger partial charge >= 0.3 is 0 Å². The number of rotatable bonds is 4. The summed E-state index contributed by atoms with van der Waals surface area (Å²) in [5.74, 6) is -0.917. The molecule has 0 heterocycles. The molecule has 0 saturated heterocycles. The van der Waals surface area contributed by atoms with Gasteiger partial charge in [-0.15, -0.1) is 0 Å². The third kappa shape index (κ3) is 2.22. The standard InChI is InChI=1S/C15H15FN2O/c16-13-8-6-12(7-9-13)15(10-17,14(18)19)11-4-2-1-3-5-11/h1-9H,10,17H2,(H2,18,19). The number of hydrogen-bond donors (Lipinski definition) is 2. The topological polar surface area (TPSA) is 69.1 Å². The van der Waals surface area contributed by atoms with Crippen LogP contribution in [0.2, 0.25) is 0 Å². The molecule has 19 heavy (non-hydrogen) atoms. The van der Waals surface area contributed by atoms with E-state index in [1.807, 2.05) is 18.2 Å². The Morgan fingerprint density at radius 1 is 1.00 bits per heavy atom. The molecule has 0 aliphatic rings. The Labute approximate surface area is 111 Å². The van der Waals surface area contributed by atoms with Crippen molar-refractivity contribution in [2.45, 2.75) is 5.41 Å². The summed E-state index contributed by atoms with van der Waals surface area (Å²) in [4.78, 5) is 12.0. The lowest BCUT2D eigenvalue weighted by Crippen LogP contribution is -2.48. The predicted octanol–water partition coefficient (Wildman–Crippen LogP) is 1.56. The SMILES string of the molecule is NCC(C(N)=O)(c1ccccc1)c1ccc(F)cc1. The number of carbonyl (C=O) groups is 1. The molecule has 0 aliphatic heterocycles. The van der Waals surface area contributed by atoms with Crippen LogP contribution in [0.1, 0.15) is 11.1 Å². The number of primary amides is 1. The molecule has 1 amide bonds. The Morgan fingerprint density at radius 2 is 1.53 bits per heavy atom. The van der Waals surface area contributed by atoms with Crippen molar-refractivity contribution in [3.05, 3.63) is 71.5 Å². The molecule has 1 unspecified atom stereocenters. The largest absolute Gasteiger partial charge is 0.369 e. The van der Waals surface area contributed by atoms with Crippen LogP contribution in [0, 0.1) is 5.82 Å². The molecular formula is C15H15FN2O. The number of halogens is 1. The van der Waals surface area contributed by atoms with Gasteiger partial charge in [0.15, 0.2) is 0 Å². The smallest absolute Gasteiger partial charge is 0.233 e. The molecule has 0 aliphatic carbocycles. The molecule has 4 N–H and O–H groups in total. The van der Waals surface area contributed by atoms with Gasteiger partial charge in [0.1, 0.15) is 11.2 Å². The zero-order chi connectivity index (χ0) is 13.9. The van der Waals surface area contributed by atoms with E-state index in [1.54, 1.807) is 24.3 Å². The van der Waals surface area contributed by atoms with Gasteiger partial charge in [-0.2, -0.15) is 0 Å². The summed E-state index contributed by atoms with van der Waals surface area (Å²) < 4.78 is 13.0. The number of nitrogens with two attached hydrogens (primary N) is 2. The molecule has 4 heteroatoms. The van der Waals surface area contributed by atoms with Crippen LogP contribution in [-0.2, 0) is 10.2 Å². The summed E-state index contributed by atoms with van der Waals surface area (Å²) in [7, 11) is 0. The summed E-state index contributed by atoms with van der Waals surface area (Å²) in [5.41, 5.74) is 11.6. The van der Waals surface area contributed by atoms with Crippen LogP contribution in [0.4, 0.5) is 4.39 Å². The average molecular weight is 258 g/mol. The van der Waals surface area contributed by atoms with E-state index in [4.69, 9.17) is 11.5 Å². The van der Waals surface area contributed by atoms with E-state index in [0.717, 1.165) is 0 Å². The fourth-order valence-corrected chi connectivity index (χ4v) is 2.24. The van der Waals surface area contributed by atoms with Crippen molar-refractivity contribution in [1.29, 1.82) is 0 Å². The number of hydrogen-bond acceptors (Lipinski definition) is 2. The lowest BCUT2D eigenvalue weighted by Gasteiger charge is -2.30. The normalized spacial score (nSPS) is 13.8. The van der Waals surface area contributed by atoms with Gasteiger partial charge in [-0.1, -0.05) is 42.5 Å². The minimum Gasteiger partial charge on any atom is -0.369 e. The van der Waals surface area contributed by atoms with E-state index in [-0.39, 0.29) is 12.4 Å². The molecule has 0 bridgehead atoms. The predicted molar refractivity (Wildman–Crippen MR) is 71.9 cm³/mol. The van der Waals surface area contributed by atoms with Crippen molar-refractivity contribution < 1.29 is 9.18 Å². The Hall–Kier alpha value is -2.20. The molecule has 0 spiro atoms. The van der Waals surface area contributed by atoms with Crippen LogP contribution >= 0.6 is 0 Å². The molecule has 3 nitrogen and oxygen atoms in total. The second-order valence-corrected chi connectivity index (χ2v) is 4.35. The van der Waals surface area contributed by atoms with Gasteiger partial charge in [0, 0.05) is 6.54 Å². The molecule has 2 aromatic rings. The lowest BCUT2D eigenvalue weighted by molar-refractivity contribution is -0.121. The van der Waals surface area contributed by atoms with Crippen molar-refractivity contribution in [3.63, 3.8) is 0 Å². The minimum atomic E-state index is -1.13. The van der Waals surface area contributed by atoms with Gasteiger partial charge in [0.25, 0.3) is 0 Å². The maximum absolute atomic E-state index is 13.0. The molecule has 2 aromatic carbocycles. The molecular weight excluding hydrogens is 243 g/mol. The minimum absolute atomic E-state index is 0.0258. The Bertz CT molecular complexity index is 568. The van der Waals surface area contributed by atoms with Crippen LogP contribution in [0.5, 0.6) is 0 Å². The van der Waals surface area contributed by atoms with Crippen LogP contribution in [0.15, 0.2) is 54.6 Å². The zero-order valence-corrected chi connectivity index (χ0v) is 10.3. The third-order valence-electron chi connectivity index (χ3n) is 3.33. The van der Waals surface area contributed by atoms with Gasteiger partial charge in [0.05, 0.1) is 0 Å². The quantitative estimate of drug-likeness (QED) is 0.873. The first-order valence-electron chi connectivity index (χ1n) is 5.93. The summed E-state index contributed by atoms with van der Waals surface area (Å²) in [6.45, 7) is 0.0258. The summed E-state index contributed by atoms with van der Waals surface area (Å²) in [5, 5.41) is 0. The summed E-state index contributed by atoms with van der Waals surface area (Å²) in [6, 6.07) is 14.7. The van der Waals surface area contributed by atoms with E-state index in [2.05, 4.69) is 0 Å². The van der Waals surface area contributed by atoms with E-state index in [9.17, 15) is 9.18 Å². The highest BCUT2D eigenvalue weighted by molar-refractivity contribution is 5.91. The maximum Gasteiger partial charge on any atom is 0.233 e. The van der Waals surface area contributed by atoms with Crippen molar-refractivity contribution in [1.82, 2.24) is 0 Å². The van der Waals surface area contributed by atoms with E-state index < -0.39 is 11.3 Å². The first-order valence-corrected chi connectivity index (χ1v) is 5.93. The van der Waals surface area contributed by atoms with Crippen molar-refractivity contribution in [3.8, 4) is 0 Å². The second-order valence-electron chi connectivity index (χ2n) is 4.35. The Balaban J connectivity index is 2.64. The fraction of sp³-hybridized carbons (Fsp3) is 0.133. The van der Waals surface area contributed by atoms with Gasteiger partial charge in [-0.25, -0.2) is 4.39 Å². The Kier molecular flexibility index (Phi) is 3.62. The van der Waals surface area contributed by atoms with E-state index >= 15 is 0 Å². The summed E-state index contributed by atoms with van der Waals surface area (Å²) >= 11 is 0. The molecule has 98 valence electrons. The number of amides is 1. The molecule has 0 radical (unpaired) electrons. The average Bonchev–Trinajstić information content (AvgIpc) is 2.43. The zero-order valence-electron chi connectivity index (χ0n) is 10.3. The van der Waals surface area contributed by atoms with Crippen LogP contribution < -0.4 is 11.5 Å². The monoisotopic (exact) mass is 258 g/mol. The maximum atomic E-state index is 13.0. The van der Waals surface area contributed by atoms with E-state index in [0.29, 0.717) is 11.1 Å². The molecule has 0 fully saturated rings. The van der Waals surface area contributed by atoms with Crippen molar-refractivity contribution >= 4 is 5.91 Å². The number of benzene rings is 2. The fourth-order valence-electron chi connectivity index (χ4n) is 2.24. The van der Waals surface area contributed by atoms with Gasteiger partial charge in [0.2, 0.25) is 5.91 Å². The first-order chi connectivity index (χ1) is 9.11. The van der Waals surface area contributed by atoms with Gasteiger partial charge < -0.3 is 11.5 Å². The molecule has 1 atom stereocenters. The first kappa shape index (κ1) is 13.2.